The average molecular weight is 374 g/mol. The lowest BCUT2D eigenvalue weighted by Crippen LogP contribution is -2.48. The van der Waals surface area contributed by atoms with E-state index < -0.39 is 17.4 Å². The van der Waals surface area contributed by atoms with Crippen LogP contribution in [-0.4, -0.2) is 59.6 Å². The number of anilines is 1. The predicted octanol–water partition coefficient (Wildman–Crippen LogP) is 1.69. The van der Waals surface area contributed by atoms with Crippen LogP contribution in [0.25, 0.3) is 0 Å². The Morgan fingerprint density at radius 2 is 1.96 bits per heavy atom. The van der Waals surface area contributed by atoms with Gasteiger partial charge in [0, 0.05) is 30.3 Å². The molecule has 4 atom stereocenters. The van der Waals surface area contributed by atoms with Crippen LogP contribution in [-0.2, 0) is 14.3 Å². The first-order valence-corrected chi connectivity index (χ1v) is 10.1. The van der Waals surface area contributed by atoms with E-state index in [4.69, 9.17) is 4.74 Å². The molecule has 0 N–H and O–H groups in total. The van der Waals surface area contributed by atoms with Gasteiger partial charge in [-0.15, -0.1) is 0 Å². The van der Waals surface area contributed by atoms with Gasteiger partial charge in [-0.25, -0.2) is 4.39 Å². The van der Waals surface area contributed by atoms with Gasteiger partial charge in [0.2, 0.25) is 11.8 Å². The minimum absolute atomic E-state index is 0.0285. The molecule has 0 saturated carbocycles. The van der Waals surface area contributed by atoms with Crippen LogP contribution in [0.1, 0.15) is 0 Å². The van der Waals surface area contributed by atoms with Crippen molar-refractivity contribution in [2.45, 2.75) is 11.7 Å². The lowest BCUT2D eigenvalue weighted by atomic mass is 9.76. The maximum absolute atomic E-state index is 13.2. The number of carbonyl (C=O) groups is 2. The number of fused-ring (bicyclic) bond motifs is 1. The number of thioether (sulfide) groups is 1. The van der Waals surface area contributed by atoms with Crippen LogP contribution < -0.4 is 4.90 Å². The number of carbonyl (C=O) groups excluding carboxylic acids is 2. The van der Waals surface area contributed by atoms with Gasteiger partial charge in [-0.1, -0.05) is 12.2 Å². The highest BCUT2D eigenvalue weighted by Gasteiger charge is 2.67. The molecule has 0 aromatic heterocycles. The van der Waals surface area contributed by atoms with E-state index in [1.807, 2.05) is 28.8 Å². The van der Waals surface area contributed by atoms with E-state index in [-0.39, 0.29) is 23.7 Å². The minimum Gasteiger partial charge on any atom is -0.360 e. The van der Waals surface area contributed by atoms with E-state index in [1.54, 1.807) is 17.0 Å². The molecule has 4 aliphatic heterocycles. The number of benzene rings is 1. The molecule has 2 bridgehead atoms. The van der Waals surface area contributed by atoms with Gasteiger partial charge in [0.1, 0.15) is 11.4 Å². The number of rotatable bonds is 2. The maximum atomic E-state index is 13.2. The third-order valence-corrected chi connectivity index (χ3v) is 6.79. The molecule has 4 heterocycles. The van der Waals surface area contributed by atoms with Crippen molar-refractivity contribution in [1.82, 2.24) is 4.90 Å². The zero-order valence-corrected chi connectivity index (χ0v) is 15.0. The molecular weight excluding hydrogens is 355 g/mol. The van der Waals surface area contributed by atoms with E-state index in [0.29, 0.717) is 12.2 Å². The fourth-order valence-electron chi connectivity index (χ4n) is 4.61. The fourth-order valence-corrected chi connectivity index (χ4v) is 5.52. The summed E-state index contributed by atoms with van der Waals surface area (Å²) >= 11 is 1.85. The summed E-state index contributed by atoms with van der Waals surface area (Å²) in [6.45, 7) is 1.83. The van der Waals surface area contributed by atoms with Crippen molar-refractivity contribution in [3.8, 4) is 0 Å². The lowest BCUT2D eigenvalue weighted by Gasteiger charge is -2.32. The van der Waals surface area contributed by atoms with Gasteiger partial charge in [0.05, 0.1) is 24.5 Å². The first kappa shape index (κ1) is 16.3. The standard InChI is InChI=1S/C19H19FN2O3S/c20-12-1-3-13(4-2-12)22-11-19-6-5-14(25-19)15(16(19)18(22)24)17(23)21-7-9-26-10-8-21/h1-6,14-16H,7-11H2/t14-,15-,16-,19-/m0/s1. The summed E-state index contributed by atoms with van der Waals surface area (Å²) in [6, 6.07) is 5.88. The normalized spacial score (nSPS) is 35.3. The van der Waals surface area contributed by atoms with Crippen molar-refractivity contribution in [3.05, 3.63) is 42.2 Å². The van der Waals surface area contributed by atoms with E-state index in [1.165, 1.54) is 12.1 Å². The summed E-state index contributed by atoms with van der Waals surface area (Å²) in [5, 5.41) is 0. The Kier molecular flexibility index (Phi) is 3.66. The number of amides is 2. The second-order valence-corrected chi connectivity index (χ2v) is 8.46. The quantitative estimate of drug-likeness (QED) is 0.740. The summed E-state index contributed by atoms with van der Waals surface area (Å²) in [5.74, 6) is 0.503. The Bertz CT molecular complexity index is 792. The van der Waals surface area contributed by atoms with Gasteiger partial charge < -0.3 is 14.5 Å². The Morgan fingerprint density at radius 1 is 1.23 bits per heavy atom. The number of ether oxygens (including phenoxy) is 1. The van der Waals surface area contributed by atoms with Crippen molar-refractivity contribution >= 4 is 29.3 Å². The summed E-state index contributed by atoms with van der Waals surface area (Å²) < 4.78 is 19.4. The zero-order valence-electron chi connectivity index (χ0n) is 14.1. The third kappa shape index (κ3) is 2.26. The van der Waals surface area contributed by atoms with Gasteiger partial charge in [0.15, 0.2) is 0 Å². The van der Waals surface area contributed by atoms with E-state index in [2.05, 4.69) is 0 Å². The molecular formula is C19H19FN2O3S. The van der Waals surface area contributed by atoms with E-state index in [0.717, 1.165) is 24.6 Å². The topological polar surface area (TPSA) is 49.9 Å². The molecule has 1 aromatic carbocycles. The highest BCUT2D eigenvalue weighted by molar-refractivity contribution is 7.99. The second-order valence-electron chi connectivity index (χ2n) is 7.24. The van der Waals surface area contributed by atoms with Gasteiger partial charge in [-0.3, -0.25) is 9.59 Å². The summed E-state index contributed by atoms with van der Waals surface area (Å²) in [7, 11) is 0. The largest absolute Gasteiger partial charge is 0.360 e. The zero-order chi connectivity index (χ0) is 17.9. The SMILES string of the molecule is O=C([C@H]1[C@@H]2C=C[C@@]3(CN(c4ccc(F)cc4)C(=O)[C@H]13)O2)N1CCSCC1. The number of hydrogen-bond acceptors (Lipinski definition) is 4. The molecule has 0 radical (unpaired) electrons. The summed E-state index contributed by atoms with van der Waals surface area (Å²) in [6.07, 6.45) is 3.56. The van der Waals surface area contributed by atoms with Gasteiger partial charge in [0.25, 0.3) is 0 Å². The number of hydrogen-bond donors (Lipinski definition) is 0. The van der Waals surface area contributed by atoms with Crippen molar-refractivity contribution in [3.63, 3.8) is 0 Å². The minimum atomic E-state index is -0.735. The van der Waals surface area contributed by atoms with Gasteiger partial charge >= 0.3 is 0 Å². The molecule has 4 aliphatic rings. The number of halogens is 1. The predicted molar refractivity (Wildman–Crippen MR) is 96.4 cm³/mol. The molecule has 2 amide bonds. The van der Waals surface area contributed by atoms with Crippen molar-refractivity contribution in [2.24, 2.45) is 11.8 Å². The monoisotopic (exact) mass is 374 g/mol. The average Bonchev–Trinajstić information content (AvgIpc) is 3.31. The molecule has 3 saturated heterocycles. The molecule has 1 aromatic rings. The van der Waals surface area contributed by atoms with Gasteiger partial charge in [-0.2, -0.15) is 11.8 Å². The molecule has 0 aliphatic carbocycles. The Balaban J connectivity index is 1.46. The first-order valence-electron chi connectivity index (χ1n) is 8.90. The lowest BCUT2D eigenvalue weighted by molar-refractivity contribution is -0.140. The fraction of sp³-hybridized carbons (Fsp3) is 0.474. The van der Waals surface area contributed by atoms with Crippen LogP contribution in [0.15, 0.2) is 36.4 Å². The molecule has 7 heteroatoms. The van der Waals surface area contributed by atoms with Crippen LogP contribution in [0.5, 0.6) is 0 Å². The highest BCUT2D eigenvalue weighted by Crippen LogP contribution is 2.53. The van der Waals surface area contributed by atoms with Crippen molar-refractivity contribution < 1.29 is 18.7 Å². The first-order chi connectivity index (χ1) is 12.6. The summed E-state index contributed by atoms with van der Waals surface area (Å²) in [4.78, 5) is 29.8. The maximum Gasteiger partial charge on any atom is 0.234 e. The molecule has 3 fully saturated rings. The number of nitrogens with zero attached hydrogens (tertiary/aromatic N) is 2. The van der Waals surface area contributed by atoms with Gasteiger partial charge in [-0.05, 0) is 24.3 Å². The van der Waals surface area contributed by atoms with Crippen LogP contribution >= 0.6 is 11.8 Å². The molecule has 136 valence electrons. The van der Waals surface area contributed by atoms with E-state index >= 15 is 0 Å². The Morgan fingerprint density at radius 3 is 2.69 bits per heavy atom. The summed E-state index contributed by atoms with van der Waals surface area (Å²) in [5.41, 5.74) is -0.0951. The van der Waals surface area contributed by atoms with E-state index in [9.17, 15) is 14.0 Å². The Labute approximate surface area is 155 Å². The Hall–Kier alpha value is -1.86. The van der Waals surface area contributed by atoms with Crippen molar-refractivity contribution in [2.75, 3.05) is 36.0 Å². The molecule has 0 unspecified atom stereocenters. The molecule has 1 spiro atoms. The van der Waals surface area contributed by atoms with Crippen LogP contribution in [0.2, 0.25) is 0 Å². The molecule has 26 heavy (non-hydrogen) atoms. The molecule has 5 rings (SSSR count). The molecule has 5 nitrogen and oxygen atoms in total. The second kappa shape index (κ2) is 5.82. The smallest absolute Gasteiger partial charge is 0.234 e. The highest BCUT2D eigenvalue weighted by atomic mass is 32.2. The third-order valence-electron chi connectivity index (χ3n) is 5.85. The van der Waals surface area contributed by atoms with Crippen LogP contribution in [0.4, 0.5) is 10.1 Å². The van der Waals surface area contributed by atoms with Crippen molar-refractivity contribution in [1.29, 1.82) is 0 Å². The van der Waals surface area contributed by atoms with Crippen LogP contribution in [0, 0.1) is 17.7 Å². The van der Waals surface area contributed by atoms with Crippen LogP contribution in [0.3, 0.4) is 0 Å².